The Kier molecular flexibility index (Phi) is 10.1. The van der Waals surface area contributed by atoms with Crippen LogP contribution in [0.2, 0.25) is 0 Å². The largest absolute Gasteiger partial charge is 0.466 e. The van der Waals surface area contributed by atoms with E-state index in [1.165, 1.54) is 6.20 Å². The molecule has 0 atom stereocenters. The van der Waals surface area contributed by atoms with Gasteiger partial charge in [-0.25, -0.2) is 4.98 Å². The molecule has 4 heterocycles. The van der Waals surface area contributed by atoms with Gasteiger partial charge < -0.3 is 19.4 Å². The van der Waals surface area contributed by atoms with Gasteiger partial charge in [0, 0.05) is 56.4 Å². The van der Waals surface area contributed by atoms with Gasteiger partial charge in [0.15, 0.2) is 5.65 Å². The van der Waals surface area contributed by atoms with E-state index in [-0.39, 0.29) is 58.0 Å². The Labute approximate surface area is 288 Å². The average molecular weight is 694 g/mol. The predicted octanol–water partition coefficient (Wildman–Crippen LogP) is 7.01. The lowest BCUT2D eigenvalue weighted by molar-refractivity contribution is -0.143. The van der Waals surface area contributed by atoms with E-state index in [0.717, 1.165) is 37.3 Å². The van der Waals surface area contributed by atoms with E-state index in [2.05, 4.69) is 35.1 Å². The van der Waals surface area contributed by atoms with Crippen LogP contribution in [0.15, 0.2) is 30.6 Å². The third-order valence-electron chi connectivity index (χ3n) is 9.53. The highest BCUT2D eigenvalue weighted by atomic mass is 19.4. The number of aromatic nitrogens is 5. The smallest absolute Gasteiger partial charge is 0.418 e. The minimum atomic E-state index is -4.56. The molecule has 4 aromatic rings. The Hall–Kier alpha value is -4.59. The van der Waals surface area contributed by atoms with Crippen LogP contribution in [-0.2, 0) is 26.9 Å². The molecule has 4 aromatic heterocycles. The summed E-state index contributed by atoms with van der Waals surface area (Å²) in [5, 5.41) is 2.78. The fourth-order valence-electron chi connectivity index (χ4n) is 7.03. The van der Waals surface area contributed by atoms with Crippen LogP contribution in [0.25, 0.3) is 22.4 Å². The first kappa shape index (κ1) is 35.2. The maximum atomic E-state index is 14.2. The average Bonchev–Trinajstić information content (AvgIpc) is 3.69. The first-order valence-electron chi connectivity index (χ1n) is 17.0. The van der Waals surface area contributed by atoms with Crippen molar-refractivity contribution >= 4 is 34.7 Å². The number of esters is 1. The van der Waals surface area contributed by atoms with Gasteiger partial charge in [0.2, 0.25) is 5.95 Å². The van der Waals surface area contributed by atoms with E-state index in [1.807, 2.05) is 7.05 Å². The molecule has 2 aliphatic carbocycles. The van der Waals surface area contributed by atoms with Gasteiger partial charge in [0.25, 0.3) is 5.91 Å². The molecule has 2 saturated carbocycles. The molecule has 11 nitrogen and oxygen atoms in total. The molecule has 0 spiro atoms. The second kappa shape index (κ2) is 14.3. The number of nitrogens with zero attached hydrogens (tertiary/aromatic N) is 5. The number of fused-ring (bicyclic) bond motifs is 1. The number of halogens is 3. The molecule has 0 radical (unpaired) electrons. The maximum Gasteiger partial charge on any atom is 0.418 e. The molecule has 2 aliphatic rings. The summed E-state index contributed by atoms with van der Waals surface area (Å²) < 4.78 is 53.2. The van der Waals surface area contributed by atoms with E-state index in [1.54, 1.807) is 39.3 Å². The van der Waals surface area contributed by atoms with Crippen LogP contribution in [0.4, 0.5) is 24.8 Å². The molecule has 0 unspecified atom stereocenters. The number of carbonyl (C=O) groups excluding carboxylic acids is 2. The monoisotopic (exact) mass is 693 g/mol. The molecular formula is C36H42F3N7O4. The Morgan fingerprint density at radius 1 is 1.10 bits per heavy atom. The van der Waals surface area contributed by atoms with Gasteiger partial charge in [-0.15, -0.1) is 0 Å². The van der Waals surface area contributed by atoms with Gasteiger partial charge in [-0.1, -0.05) is 18.9 Å². The molecule has 0 bridgehead atoms. The number of amides is 1. The number of hydrogen-bond donors (Lipinski definition) is 2. The van der Waals surface area contributed by atoms with E-state index < -0.39 is 17.6 Å². The van der Waals surface area contributed by atoms with Crippen LogP contribution in [-0.4, -0.2) is 70.7 Å². The van der Waals surface area contributed by atoms with Crippen LogP contribution in [0, 0.1) is 12.3 Å². The molecule has 266 valence electrons. The van der Waals surface area contributed by atoms with E-state index >= 15 is 0 Å². The minimum absolute atomic E-state index is 0.0723. The third kappa shape index (κ3) is 7.74. The van der Waals surface area contributed by atoms with Gasteiger partial charge in [0.1, 0.15) is 11.2 Å². The molecule has 0 aliphatic heterocycles. The highest BCUT2D eigenvalue weighted by Crippen LogP contribution is 2.46. The summed E-state index contributed by atoms with van der Waals surface area (Å²) >= 11 is 0. The van der Waals surface area contributed by atoms with Crippen molar-refractivity contribution in [2.75, 3.05) is 44.1 Å². The number of H-pyrrole nitrogens is 1. The van der Waals surface area contributed by atoms with Gasteiger partial charge >= 0.3 is 12.1 Å². The third-order valence-corrected chi connectivity index (χ3v) is 9.53. The Balaban J connectivity index is 1.33. The van der Waals surface area contributed by atoms with Crippen molar-refractivity contribution in [3.05, 3.63) is 58.7 Å². The highest BCUT2D eigenvalue weighted by Gasteiger charge is 2.40. The lowest BCUT2D eigenvalue weighted by Gasteiger charge is -2.34. The fourth-order valence-corrected chi connectivity index (χ4v) is 7.03. The number of alkyl halides is 3. The van der Waals surface area contributed by atoms with Gasteiger partial charge in [-0.2, -0.15) is 18.2 Å². The summed E-state index contributed by atoms with van der Waals surface area (Å²) in [6.07, 6.45) is 4.62. The topological polar surface area (TPSA) is 135 Å². The number of anilines is 2. The van der Waals surface area contributed by atoms with Crippen molar-refractivity contribution in [3.63, 3.8) is 0 Å². The molecule has 50 heavy (non-hydrogen) atoms. The number of hydrogen-bond acceptors (Lipinski definition) is 9. The van der Waals surface area contributed by atoms with Crippen LogP contribution in [0.1, 0.15) is 90.7 Å². The number of aryl methyl sites for hydroxylation is 2. The number of ether oxygens (including phenoxy) is 2. The molecular weight excluding hydrogens is 651 g/mol. The molecule has 1 amide bonds. The van der Waals surface area contributed by atoms with Crippen LogP contribution >= 0.6 is 0 Å². The second-order valence-electron chi connectivity index (χ2n) is 13.5. The van der Waals surface area contributed by atoms with Crippen molar-refractivity contribution in [2.45, 2.75) is 77.3 Å². The van der Waals surface area contributed by atoms with Crippen LogP contribution in [0.3, 0.4) is 0 Å². The van der Waals surface area contributed by atoms with Crippen LogP contribution < -0.4 is 10.2 Å². The standard InChI is InChI=1S/C36H42F3N7O4/c1-5-50-28(47)11-8-22-14-21(2)29(40-17-22)33(48)45-34-43-31-27(46(3)19-35(20-49-4)12-6-7-13-35)16-26(42-32(31)44-34)24-15-25(36(37,38)39)30(41-18-24)23-9-10-23/h14-18,23H,5-13,19-20H2,1-4H3,(H2,42,43,44,45,48). The summed E-state index contributed by atoms with van der Waals surface area (Å²) in [4.78, 5) is 48.2. The highest BCUT2D eigenvalue weighted by molar-refractivity contribution is 6.04. The molecule has 0 aromatic carbocycles. The minimum Gasteiger partial charge on any atom is -0.466 e. The molecule has 0 saturated heterocycles. The Morgan fingerprint density at radius 3 is 2.52 bits per heavy atom. The SMILES string of the molecule is CCOC(=O)CCc1cnc(C(=O)Nc2nc3nc(-c4cnc(C5CC5)c(C(F)(F)F)c4)cc(N(C)CC4(COC)CCCC4)c3[nH]2)c(C)c1. The summed E-state index contributed by atoms with van der Waals surface area (Å²) in [5.41, 5.74) is 2.76. The van der Waals surface area contributed by atoms with Gasteiger partial charge in [0.05, 0.1) is 35.9 Å². The summed E-state index contributed by atoms with van der Waals surface area (Å²) in [5.74, 6) is -0.878. The van der Waals surface area contributed by atoms with E-state index in [0.29, 0.717) is 55.8 Å². The molecule has 2 fully saturated rings. The van der Waals surface area contributed by atoms with Gasteiger partial charge in [-0.3, -0.25) is 24.9 Å². The number of rotatable bonds is 13. The van der Waals surface area contributed by atoms with Crippen molar-refractivity contribution in [1.29, 1.82) is 0 Å². The number of carbonyl (C=O) groups is 2. The van der Waals surface area contributed by atoms with E-state index in [4.69, 9.17) is 9.47 Å². The number of nitrogens with one attached hydrogen (secondary N) is 2. The second-order valence-corrected chi connectivity index (χ2v) is 13.5. The number of aromatic amines is 1. The normalized spacial score (nSPS) is 15.7. The Bertz CT molecular complexity index is 1880. The number of pyridine rings is 3. The molecule has 14 heteroatoms. The summed E-state index contributed by atoms with van der Waals surface area (Å²) in [7, 11) is 3.62. The van der Waals surface area contributed by atoms with Gasteiger partial charge in [-0.05, 0) is 69.2 Å². The zero-order valence-corrected chi connectivity index (χ0v) is 28.7. The Morgan fingerprint density at radius 2 is 1.86 bits per heavy atom. The number of methoxy groups -OCH3 is 1. The van der Waals surface area contributed by atoms with E-state index in [9.17, 15) is 22.8 Å². The maximum absolute atomic E-state index is 14.2. The lowest BCUT2D eigenvalue weighted by atomic mass is 9.86. The first-order valence-corrected chi connectivity index (χ1v) is 17.0. The fraction of sp³-hybridized carbons (Fsp3) is 0.500. The van der Waals surface area contributed by atoms with Crippen LogP contribution in [0.5, 0.6) is 0 Å². The summed E-state index contributed by atoms with van der Waals surface area (Å²) in [6.45, 7) is 5.03. The molecule has 2 N–H and O–H groups in total. The summed E-state index contributed by atoms with van der Waals surface area (Å²) in [6, 6.07) is 4.68. The predicted molar refractivity (Wildman–Crippen MR) is 182 cm³/mol. The zero-order valence-electron chi connectivity index (χ0n) is 28.7. The van der Waals surface area contributed by atoms with Crippen molar-refractivity contribution in [2.24, 2.45) is 5.41 Å². The van der Waals surface area contributed by atoms with Crippen molar-refractivity contribution < 1.29 is 32.2 Å². The quantitative estimate of drug-likeness (QED) is 0.142. The first-order chi connectivity index (χ1) is 23.9. The zero-order chi connectivity index (χ0) is 35.6. The lowest BCUT2D eigenvalue weighted by Crippen LogP contribution is -2.37. The number of imidazole rings is 1. The van der Waals surface area contributed by atoms with Crippen molar-refractivity contribution in [1.82, 2.24) is 24.9 Å². The molecule has 6 rings (SSSR count). The van der Waals surface area contributed by atoms with Crippen molar-refractivity contribution in [3.8, 4) is 11.3 Å².